The molecule has 0 aliphatic heterocycles. The minimum Gasteiger partial charge on any atom is -0.294 e. The molecular weight excluding hydrogens is 160 g/mol. The maximum absolute atomic E-state index is 11.7. The number of fused-ring (bicyclic) bond motifs is 2. The third-order valence-corrected chi connectivity index (χ3v) is 3.61. The van der Waals surface area contributed by atoms with Crippen LogP contribution in [0.2, 0.25) is 0 Å². The van der Waals surface area contributed by atoms with E-state index in [1.165, 1.54) is 24.8 Å². The highest BCUT2D eigenvalue weighted by atomic mass is 16.1. The molecule has 1 nitrogen and oxygen atoms in total. The molecule has 0 aromatic heterocycles. The number of rotatable bonds is 0. The average molecular weight is 172 g/mol. The highest BCUT2D eigenvalue weighted by Crippen LogP contribution is 2.52. The van der Waals surface area contributed by atoms with Crippen molar-refractivity contribution in [2.45, 2.75) is 31.1 Å². The summed E-state index contributed by atoms with van der Waals surface area (Å²) in [5.74, 6) is 0.357. The Balaban J connectivity index is 2.20. The zero-order chi connectivity index (χ0) is 8.89. The first kappa shape index (κ1) is 7.31. The van der Waals surface area contributed by atoms with Crippen molar-refractivity contribution in [1.29, 1.82) is 0 Å². The topological polar surface area (TPSA) is 17.1 Å². The maximum atomic E-state index is 11.7. The van der Waals surface area contributed by atoms with Crippen molar-refractivity contribution in [3.05, 3.63) is 35.4 Å². The Morgan fingerprint density at radius 1 is 1.15 bits per heavy atom. The Hall–Kier alpha value is -1.11. The van der Waals surface area contributed by atoms with Crippen LogP contribution in [-0.2, 0) is 5.41 Å². The molecule has 1 fully saturated rings. The summed E-state index contributed by atoms with van der Waals surface area (Å²) in [6.07, 6.45) is 4.50. The number of hydrogen-bond acceptors (Lipinski definition) is 1. The smallest absolute Gasteiger partial charge is 0.164 e. The molecule has 0 radical (unpaired) electrons. The van der Waals surface area contributed by atoms with Gasteiger partial charge in [-0.3, -0.25) is 4.79 Å². The molecule has 1 heteroatoms. The van der Waals surface area contributed by atoms with Crippen LogP contribution in [0.4, 0.5) is 0 Å². The van der Waals surface area contributed by atoms with Crippen LogP contribution in [0.5, 0.6) is 0 Å². The molecule has 1 spiro atoms. The Bertz CT molecular complexity index is 374. The van der Waals surface area contributed by atoms with Crippen molar-refractivity contribution in [3.63, 3.8) is 0 Å². The van der Waals surface area contributed by atoms with Gasteiger partial charge in [0.1, 0.15) is 0 Å². The summed E-state index contributed by atoms with van der Waals surface area (Å²) in [6.45, 7) is 0. The van der Waals surface area contributed by atoms with Crippen LogP contribution in [0.15, 0.2) is 24.3 Å². The van der Waals surface area contributed by atoms with Crippen molar-refractivity contribution in [3.8, 4) is 0 Å². The van der Waals surface area contributed by atoms with E-state index in [0.717, 1.165) is 12.0 Å². The first-order valence-electron chi connectivity index (χ1n) is 4.95. The number of carbonyl (C=O) groups excluding carboxylic acids is 1. The van der Waals surface area contributed by atoms with Crippen molar-refractivity contribution in [1.82, 2.24) is 0 Å². The lowest BCUT2D eigenvalue weighted by molar-refractivity contribution is 0.0946. The van der Waals surface area contributed by atoms with Gasteiger partial charge in [0.05, 0.1) is 0 Å². The standard InChI is InChI=1S/C12H12O/c13-11-8-12(6-3-7-12)10-5-2-1-4-9(10)11/h1-2,4-5H,3,6-8H2. The van der Waals surface area contributed by atoms with E-state index in [1.54, 1.807) is 0 Å². The molecule has 0 amide bonds. The van der Waals surface area contributed by atoms with E-state index in [-0.39, 0.29) is 5.41 Å². The van der Waals surface area contributed by atoms with Crippen molar-refractivity contribution in [2.75, 3.05) is 0 Å². The van der Waals surface area contributed by atoms with Gasteiger partial charge in [-0.1, -0.05) is 30.7 Å². The molecule has 0 bridgehead atoms. The first-order chi connectivity index (χ1) is 6.32. The van der Waals surface area contributed by atoms with Crippen LogP contribution in [0.1, 0.15) is 41.6 Å². The summed E-state index contributed by atoms with van der Waals surface area (Å²) in [7, 11) is 0. The molecule has 0 unspecified atom stereocenters. The van der Waals surface area contributed by atoms with Crippen LogP contribution < -0.4 is 0 Å². The zero-order valence-electron chi connectivity index (χ0n) is 7.55. The van der Waals surface area contributed by atoms with E-state index in [9.17, 15) is 4.79 Å². The van der Waals surface area contributed by atoms with E-state index in [1.807, 2.05) is 12.1 Å². The lowest BCUT2D eigenvalue weighted by atomic mass is 9.65. The van der Waals surface area contributed by atoms with Gasteiger partial charge in [-0.05, 0) is 18.4 Å². The summed E-state index contributed by atoms with van der Waals surface area (Å²) in [6, 6.07) is 8.13. The predicted molar refractivity (Wildman–Crippen MR) is 50.9 cm³/mol. The fourth-order valence-electron chi connectivity index (χ4n) is 2.74. The van der Waals surface area contributed by atoms with Gasteiger partial charge in [0, 0.05) is 17.4 Å². The molecule has 2 aliphatic carbocycles. The van der Waals surface area contributed by atoms with Gasteiger partial charge in [-0.15, -0.1) is 0 Å². The van der Waals surface area contributed by atoms with Gasteiger partial charge in [0.25, 0.3) is 0 Å². The minimum absolute atomic E-state index is 0.272. The molecule has 1 aromatic carbocycles. The fourth-order valence-corrected chi connectivity index (χ4v) is 2.74. The monoisotopic (exact) mass is 172 g/mol. The second-order valence-electron chi connectivity index (χ2n) is 4.28. The first-order valence-corrected chi connectivity index (χ1v) is 4.95. The summed E-state index contributed by atoms with van der Waals surface area (Å²) < 4.78 is 0. The van der Waals surface area contributed by atoms with E-state index < -0.39 is 0 Å². The Morgan fingerprint density at radius 2 is 1.92 bits per heavy atom. The predicted octanol–water partition coefficient (Wildman–Crippen LogP) is 2.69. The molecule has 0 heterocycles. The van der Waals surface area contributed by atoms with Crippen molar-refractivity contribution < 1.29 is 4.79 Å². The summed E-state index contributed by atoms with van der Waals surface area (Å²) in [4.78, 5) is 11.7. The van der Waals surface area contributed by atoms with Crippen LogP contribution in [0, 0.1) is 0 Å². The van der Waals surface area contributed by atoms with Gasteiger partial charge >= 0.3 is 0 Å². The molecule has 0 saturated heterocycles. The number of carbonyl (C=O) groups is 1. The highest BCUT2D eigenvalue weighted by Gasteiger charge is 2.46. The van der Waals surface area contributed by atoms with Gasteiger partial charge in [0.15, 0.2) is 5.78 Å². The van der Waals surface area contributed by atoms with Gasteiger partial charge < -0.3 is 0 Å². The number of Topliss-reactive ketones (excluding diaryl/α,β-unsaturated/α-hetero) is 1. The number of ketones is 1. The second kappa shape index (κ2) is 2.22. The number of benzene rings is 1. The van der Waals surface area contributed by atoms with E-state index in [0.29, 0.717) is 5.78 Å². The Morgan fingerprint density at radius 3 is 2.62 bits per heavy atom. The summed E-state index contributed by atoms with van der Waals surface area (Å²) in [5, 5.41) is 0. The lowest BCUT2D eigenvalue weighted by Crippen LogP contribution is -2.31. The SMILES string of the molecule is O=C1CC2(CCC2)c2ccccc21. The second-order valence-corrected chi connectivity index (χ2v) is 4.28. The zero-order valence-corrected chi connectivity index (χ0v) is 7.55. The van der Waals surface area contributed by atoms with Gasteiger partial charge in [0.2, 0.25) is 0 Å². The Kier molecular flexibility index (Phi) is 1.25. The van der Waals surface area contributed by atoms with Crippen LogP contribution >= 0.6 is 0 Å². The molecule has 1 aromatic rings. The largest absolute Gasteiger partial charge is 0.294 e. The highest BCUT2D eigenvalue weighted by molar-refractivity contribution is 6.02. The summed E-state index contributed by atoms with van der Waals surface area (Å²) in [5.41, 5.74) is 2.58. The van der Waals surface area contributed by atoms with Crippen molar-refractivity contribution in [2.24, 2.45) is 0 Å². The maximum Gasteiger partial charge on any atom is 0.164 e. The quantitative estimate of drug-likeness (QED) is 0.588. The van der Waals surface area contributed by atoms with E-state index in [2.05, 4.69) is 12.1 Å². The average Bonchev–Trinajstić information content (AvgIpc) is 2.40. The third-order valence-electron chi connectivity index (χ3n) is 3.61. The third kappa shape index (κ3) is 0.796. The number of hydrogen-bond donors (Lipinski definition) is 0. The van der Waals surface area contributed by atoms with Gasteiger partial charge in [-0.25, -0.2) is 0 Å². The van der Waals surface area contributed by atoms with Crippen LogP contribution in [0.3, 0.4) is 0 Å². The molecule has 3 rings (SSSR count). The van der Waals surface area contributed by atoms with E-state index in [4.69, 9.17) is 0 Å². The van der Waals surface area contributed by atoms with Crippen LogP contribution in [0.25, 0.3) is 0 Å². The fraction of sp³-hybridized carbons (Fsp3) is 0.417. The molecule has 13 heavy (non-hydrogen) atoms. The molecular formula is C12H12O. The molecule has 66 valence electrons. The molecule has 0 N–H and O–H groups in total. The van der Waals surface area contributed by atoms with Crippen molar-refractivity contribution >= 4 is 5.78 Å². The summed E-state index contributed by atoms with van der Waals surface area (Å²) >= 11 is 0. The lowest BCUT2D eigenvalue weighted by Gasteiger charge is -2.38. The molecule has 2 aliphatic rings. The van der Waals surface area contributed by atoms with Gasteiger partial charge in [-0.2, -0.15) is 0 Å². The minimum atomic E-state index is 0.272. The van der Waals surface area contributed by atoms with Crippen LogP contribution in [-0.4, -0.2) is 5.78 Å². The molecule has 1 saturated carbocycles. The van der Waals surface area contributed by atoms with E-state index >= 15 is 0 Å². The molecule has 0 atom stereocenters. The Labute approximate surface area is 77.8 Å². The normalized spacial score (nSPS) is 22.9.